The van der Waals surface area contributed by atoms with E-state index in [1.807, 2.05) is 23.8 Å². The van der Waals surface area contributed by atoms with Gasteiger partial charge in [-0.05, 0) is 28.8 Å². The SMILES string of the molecule is CCCC(NCC(O)c1ccsc1)C(=O)O. The third-order valence-corrected chi connectivity index (χ3v) is 3.06. The minimum absolute atomic E-state index is 0.272. The van der Waals surface area contributed by atoms with E-state index in [9.17, 15) is 9.90 Å². The zero-order chi connectivity index (χ0) is 12.0. The van der Waals surface area contributed by atoms with Crippen molar-refractivity contribution in [1.29, 1.82) is 0 Å². The third kappa shape index (κ3) is 3.92. The number of nitrogens with one attached hydrogen (secondary N) is 1. The van der Waals surface area contributed by atoms with Crippen LogP contribution in [0.4, 0.5) is 0 Å². The lowest BCUT2D eigenvalue weighted by Crippen LogP contribution is -2.38. The molecule has 3 N–H and O–H groups in total. The molecule has 1 rings (SSSR count). The van der Waals surface area contributed by atoms with E-state index in [4.69, 9.17) is 5.11 Å². The summed E-state index contributed by atoms with van der Waals surface area (Å²) in [4.78, 5) is 10.8. The summed E-state index contributed by atoms with van der Waals surface area (Å²) in [5.74, 6) is -0.862. The molecule has 90 valence electrons. The van der Waals surface area contributed by atoms with Crippen molar-refractivity contribution in [1.82, 2.24) is 5.32 Å². The van der Waals surface area contributed by atoms with Gasteiger partial charge in [0.05, 0.1) is 6.10 Å². The van der Waals surface area contributed by atoms with Crippen LogP contribution in [-0.2, 0) is 4.79 Å². The summed E-state index contributed by atoms with van der Waals surface area (Å²) in [6, 6.07) is 1.27. The molecule has 0 saturated carbocycles. The molecule has 0 aromatic carbocycles. The van der Waals surface area contributed by atoms with Crippen molar-refractivity contribution in [3.05, 3.63) is 22.4 Å². The van der Waals surface area contributed by atoms with Crippen LogP contribution >= 0.6 is 11.3 Å². The zero-order valence-corrected chi connectivity index (χ0v) is 10.0. The predicted molar refractivity (Wildman–Crippen MR) is 63.6 cm³/mol. The van der Waals surface area contributed by atoms with Crippen LogP contribution in [0.2, 0.25) is 0 Å². The number of aliphatic carboxylic acids is 1. The van der Waals surface area contributed by atoms with E-state index in [-0.39, 0.29) is 6.54 Å². The van der Waals surface area contributed by atoms with Gasteiger partial charge in [-0.25, -0.2) is 0 Å². The highest BCUT2D eigenvalue weighted by atomic mass is 32.1. The zero-order valence-electron chi connectivity index (χ0n) is 9.22. The molecular weight excluding hydrogens is 226 g/mol. The highest BCUT2D eigenvalue weighted by Crippen LogP contribution is 2.15. The minimum atomic E-state index is -0.862. The molecule has 0 amide bonds. The van der Waals surface area contributed by atoms with Crippen molar-refractivity contribution in [2.75, 3.05) is 6.54 Å². The Morgan fingerprint density at radius 2 is 2.38 bits per heavy atom. The molecule has 0 spiro atoms. The maximum absolute atomic E-state index is 10.8. The largest absolute Gasteiger partial charge is 0.480 e. The molecule has 5 heteroatoms. The molecule has 0 radical (unpaired) electrons. The Balaban J connectivity index is 2.40. The third-order valence-electron chi connectivity index (χ3n) is 2.36. The maximum atomic E-state index is 10.8. The second-order valence-electron chi connectivity index (χ2n) is 3.66. The van der Waals surface area contributed by atoms with Crippen molar-refractivity contribution >= 4 is 17.3 Å². The first-order valence-corrected chi connectivity index (χ1v) is 6.25. The summed E-state index contributed by atoms with van der Waals surface area (Å²) in [5, 5.41) is 25.3. The average molecular weight is 243 g/mol. The second kappa shape index (κ2) is 6.62. The number of carbonyl (C=O) groups is 1. The Morgan fingerprint density at radius 1 is 1.62 bits per heavy atom. The van der Waals surface area contributed by atoms with Crippen molar-refractivity contribution < 1.29 is 15.0 Å². The topological polar surface area (TPSA) is 69.6 Å². The first kappa shape index (κ1) is 13.2. The van der Waals surface area contributed by atoms with E-state index >= 15 is 0 Å². The molecule has 0 aliphatic carbocycles. The number of thiophene rings is 1. The Hall–Kier alpha value is -0.910. The summed E-state index contributed by atoms with van der Waals surface area (Å²) in [5.41, 5.74) is 0.832. The van der Waals surface area contributed by atoms with E-state index < -0.39 is 18.1 Å². The van der Waals surface area contributed by atoms with Crippen LogP contribution in [0.15, 0.2) is 16.8 Å². The number of aliphatic hydroxyl groups is 1. The smallest absolute Gasteiger partial charge is 0.320 e. The molecule has 1 aromatic rings. The van der Waals surface area contributed by atoms with Gasteiger partial charge in [0.1, 0.15) is 6.04 Å². The molecule has 2 atom stereocenters. The molecule has 1 heterocycles. The Labute approximate surface area is 98.9 Å². The van der Waals surface area contributed by atoms with Gasteiger partial charge in [-0.15, -0.1) is 0 Å². The lowest BCUT2D eigenvalue weighted by Gasteiger charge is -2.16. The van der Waals surface area contributed by atoms with Crippen LogP contribution in [0.3, 0.4) is 0 Å². The fraction of sp³-hybridized carbons (Fsp3) is 0.545. The molecule has 0 aliphatic heterocycles. The number of carboxylic acid groups (broad SMARTS) is 1. The van der Waals surface area contributed by atoms with Gasteiger partial charge in [0, 0.05) is 6.54 Å². The van der Waals surface area contributed by atoms with Crippen LogP contribution < -0.4 is 5.32 Å². The lowest BCUT2D eigenvalue weighted by molar-refractivity contribution is -0.139. The number of rotatable bonds is 7. The van der Waals surface area contributed by atoms with E-state index in [1.165, 1.54) is 11.3 Å². The van der Waals surface area contributed by atoms with Gasteiger partial charge in [0.2, 0.25) is 0 Å². The fourth-order valence-electron chi connectivity index (χ4n) is 1.44. The predicted octanol–water partition coefficient (Wildman–Crippen LogP) is 1.62. The molecule has 1 aromatic heterocycles. The minimum Gasteiger partial charge on any atom is -0.480 e. The molecule has 0 bridgehead atoms. The molecular formula is C11H17NO3S. The van der Waals surface area contributed by atoms with Crippen LogP contribution in [0, 0.1) is 0 Å². The molecule has 0 aliphatic rings. The van der Waals surface area contributed by atoms with Gasteiger partial charge in [-0.1, -0.05) is 13.3 Å². The number of carboxylic acids is 1. The van der Waals surface area contributed by atoms with Crippen LogP contribution in [0.5, 0.6) is 0 Å². The Bertz CT molecular complexity index is 313. The molecule has 4 nitrogen and oxygen atoms in total. The first-order chi connectivity index (χ1) is 7.65. The summed E-state index contributed by atoms with van der Waals surface area (Å²) < 4.78 is 0. The van der Waals surface area contributed by atoms with Gasteiger partial charge in [-0.3, -0.25) is 4.79 Å². The molecule has 0 saturated heterocycles. The maximum Gasteiger partial charge on any atom is 0.320 e. The Morgan fingerprint density at radius 3 is 2.88 bits per heavy atom. The van der Waals surface area contributed by atoms with Crippen molar-refractivity contribution in [3.8, 4) is 0 Å². The van der Waals surface area contributed by atoms with E-state index in [0.29, 0.717) is 6.42 Å². The van der Waals surface area contributed by atoms with E-state index in [2.05, 4.69) is 5.32 Å². The lowest BCUT2D eigenvalue weighted by atomic mass is 10.1. The number of hydrogen-bond acceptors (Lipinski definition) is 4. The van der Waals surface area contributed by atoms with Crippen LogP contribution in [0.25, 0.3) is 0 Å². The first-order valence-electron chi connectivity index (χ1n) is 5.31. The highest BCUT2D eigenvalue weighted by molar-refractivity contribution is 7.07. The van der Waals surface area contributed by atoms with Gasteiger partial charge >= 0.3 is 5.97 Å². The normalized spacial score (nSPS) is 14.6. The van der Waals surface area contributed by atoms with Gasteiger partial charge < -0.3 is 15.5 Å². The van der Waals surface area contributed by atoms with Gasteiger partial charge in [0.25, 0.3) is 0 Å². The van der Waals surface area contributed by atoms with Gasteiger partial charge in [0.15, 0.2) is 0 Å². The van der Waals surface area contributed by atoms with Gasteiger partial charge in [-0.2, -0.15) is 11.3 Å². The van der Waals surface area contributed by atoms with Crippen LogP contribution in [0.1, 0.15) is 31.4 Å². The Kier molecular flexibility index (Phi) is 5.45. The number of aliphatic hydroxyl groups excluding tert-OH is 1. The van der Waals surface area contributed by atoms with E-state index in [1.54, 1.807) is 0 Å². The summed E-state index contributed by atoms with van der Waals surface area (Å²) in [7, 11) is 0. The molecule has 0 fully saturated rings. The highest BCUT2D eigenvalue weighted by Gasteiger charge is 2.17. The summed E-state index contributed by atoms with van der Waals surface area (Å²) in [6.45, 7) is 2.21. The molecule has 16 heavy (non-hydrogen) atoms. The average Bonchev–Trinajstić information content (AvgIpc) is 2.76. The van der Waals surface area contributed by atoms with Crippen LogP contribution in [-0.4, -0.2) is 28.8 Å². The monoisotopic (exact) mass is 243 g/mol. The van der Waals surface area contributed by atoms with Crippen molar-refractivity contribution in [3.63, 3.8) is 0 Å². The quantitative estimate of drug-likeness (QED) is 0.680. The van der Waals surface area contributed by atoms with E-state index in [0.717, 1.165) is 12.0 Å². The standard InChI is InChI=1S/C11H17NO3S/c1-2-3-9(11(14)15)12-6-10(13)8-4-5-16-7-8/h4-5,7,9-10,12-13H,2-3,6H2,1H3,(H,14,15). The van der Waals surface area contributed by atoms with Crippen molar-refractivity contribution in [2.24, 2.45) is 0 Å². The van der Waals surface area contributed by atoms with Crippen molar-refractivity contribution in [2.45, 2.75) is 31.9 Å². The second-order valence-corrected chi connectivity index (χ2v) is 4.44. The number of hydrogen-bond donors (Lipinski definition) is 3. The summed E-state index contributed by atoms with van der Waals surface area (Å²) in [6.07, 6.45) is 0.745. The molecule has 2 unspecified atom stereocenters. The fourth-order valence-corrected chi connectivity index (χ4v) is 2.14. The summed E-state index contributed by atoms with van der Waals surface area (Å²) >= 11 is 1.51.